The van der Waals surface area contributed by atoms with Crippen LogP contribution >= 0.6 is 0 Å². The molecule has 1 aliphatic heterocycles. The van der Waals surface area contributed by atoms with Crippen molar-refractivity contribution in [2.75, 3.05) is 20.3 Å². The Bertz CT molecular complexity index is 684. The molecule has 0 saturated heterocycles. The Morgan fingerprint density at radius 1 is 1.33 bits per heavy atom. The van der Waals surface area contributed by atoms with Crippen LogP contribution in [-0.4, -0.2) is 29.8 Å². The van der Waals surface area contributed by atoms with Crippen LogP contribution in [0.15, 0.2) is 41.5 Å². The highest BCUT2D eigenvalue weighted by molar-refractivity contribution is 5.44. The highest BCUT2D eigenvalue weighted by atomic mass is 16.6. The van der Waals surface area contributed by atoms with Crippen LogP contribution in [0, 0.1) is 0 Å². The highest BCUT2D eigenvalue weighted by Crippen LogP contribution is 2.32. The second-order valence-corrected chi connectivity index (χ2v) is 4.80. The van der Waals surface area contributed by atoms with Crippen LogP contribution in [0.3, 0.4) is 0 Å². The molecule has 1 aromatic heterocycles. The lowest BCUT2D eigenvalue weighted by Gasteiger charge is -2.22. The van der Waals surface area contributed by atoms with E-state index in [0.29, 0.717) is 19.8 Å². The maximum atomic E-state index is 11.7. The number of hydrogen-bond donors (Lipinski definition) is 1. The molecular formula is C15H17N3O3. The number of hydrogen-bond acceptors (Lipinski definition) is 5. The van der Waals surface area contributed by atoms with E-state index in [4.69, 9.17) is 9.47 Å². The largest absolute Gasteiger partial charge is 0.486 e. The van der Waals surface area contributed by atoms with Gasteiger partial charge < -0.3 is 14.8 Å². The molecule has 0 fully saturated rings. The van der Waals surface area contributed by atoms with E-state index in [1.165, 1.54) is 6.20 Å². The van der Waals surface area contributed by atoms with Gasteiger partial charge in [0.15, 0.2) is 11.5 Å². The fourth-order valence-corrected chi connectivity index (χ4v) is 2.36. The van der Waals surface area contributed by atoms with Gasteiger partial charge in [0.2, 0.25) is 0 Å². The van der Waals surface area contributed by atoms with Crippen molar-refractivity contribution in [1.82, 2.24) is 14.9 Å². The number of fused-ring (bicyclic) bond motifs is 1. The first-order chi connectivity index (χ1) is 10.3. The lowest BCUT2D eigenvalue weighted by atomic mass is 10.1. The van der Waals surface area contributed by atoms with E-state index in [0.717, 1.165) is 17.1 Å². The second-order valence-electron chi connectivity index (χ2n) is 4.80. The molecule has 0 saturated carbocycles. The Morgan fingerprint density at radius 3 is 2.90 bits per heavy atom. The predicted molar refractivity (Wildman–Crippen MR) is 77.7 cm³/mol. The topological polar surface area (TPSA) is 65.4 Å². The van der Waals surface area contributed by atoms with Crippen LogP contribution < -0.4 is 20.5 Å². The molecule has 0 aliphatic carbocycles. The van der Waals surface area contributed by atoms with E-state index in [2.05, 4.69) is 10.3 Å². The zero-order valence-electron chi connectivity index (χ0n) is 11.8. The van der Waals surface area contributed by atoms with Crippen molar-refractivity contribution in [2.45, 2.75) is 12.6 Å². The van der Waals surface area contributed by atoms with Gasteiger partial charge in [0, 0.05) is 18.9 Å². The van der Waals surface area contributed by atoms with Gasteiger partial charge in [0.1, 0.15) is 13.2 Å². The Hall–Kier alpha value is -2.34. The number of ether oxygens (including phenoxy) is 2. The van der Waals surface area contributed by atoms with Crippen LogP contribution in [0.2, 0.25) is 0 Å². The van der Waals surface area contributed by atoms with Crippen molar-refractivity contribution in [2.24, 2.45) is 0 Å². The lowest BCUT2D eigenvalue weighted by molar-refractivity contribution is 0.171. The average molecular weight is 287 g/mol. The normalized spacial score (nSPS) is 14.7. The summed E-state index contributed by atoms with van der Waals surface area (Å²) in [5.41, 5.74) is 0.785. The number of aromatic nitrogens is 2. The molecule has 0 amide bonds. The molecule has 1 unspecified atom stereocenters. The van der Waals surface area contributed by atoms with E-state index in [-0.39, 0.29) is 11.7 Å². The van der Waals surface area contributed by atoms with Gasteiger partial charge in [-0.15, -0.1) is 0 Å². The summed E-state index contributed by atoms with van der Waals surface area (Å²) >= 11 is 0. The fraction of sp³-hybridized carbons (Fsp3) is 0.333. The van der Waals surface area contributed by atoms with Crippen molar-refractivity contribution < 1.29 is 9.47 Å². The molecule has 1 aromatic carbocycles. The Balaban J connectivity index is 1.86. The first kappa shape index (κ1) is 13.6. The van der Waals surface area contributed by atoms with Crippen LogP contribution in [0.1, 0.15) is 11.6 Å². The SMILES string of the molecule is CNC(Cn1cccnc1=O)c1ccc2c(c1)OCCO2. The summed E-state index contributed by atoms with van der Waals surface area (Å²) in [6.45, 7) is 1.64. The van der Waals surface area contributed by atoms with Crippen molar-refractivity contribution in [3.05, 3.63) is 52.7 Å². The van der Waals surface area contributed by atoms with Crippen molar-refractivity contribution >= 4 is 0 Å². The minimum absolute atomic E-state index is 0.0114. The summed E-state index contributed by atoms with van der Waals surface area (Å²) in [7, 11) is 1.86. The highest BCUT2D eigenvalue weighted by Gasteiger charge is 2.16. The summed E-state index contributed by atoms with van der Waals surface area (Å²) in [6, 6.07) is 7.58. The van der Waals surface area contributed by atoms with Gasteiger partial charge in [-0.1, -0.05) is 6.07 Å². The summed E-state index contributed by atoms with van der Waals surface area (Å²) in [5.74, 6) is 1.51. The lowest BCUT2D eigenvalue weighted by Crippen LogP contribution is -2.29. The summed E-state index contributed by atoms with van der Waals surface area (Å²) in [5, 5.41) is 3.22. The number of likely N-dealkylation sites (N-methyl/N-ethyl adjacent to an activating group) is 1. The standard InChI is InChI=1S/C15H17N3O3/c1-16-12(10-18-6-2-5-17-15(18)19)11-3-4-13-14(9-11)21-8-7-20-13/h2-6,9,12,16H,7-8,10H2,1H3. The van der Waals surface area contributed by atoms with Gasteiger partial charge in [-0.05, 0) is 30.8 Å². The van der Waals surface area contributed by atoms with Crippen molar-refractivity contribution in [1.29, 1.82) is 0 Å². The van der Waals surface area contributed by atoms with Gasteiger partial charge in [-0.2, -0.15) is 0 Å². The van der Waals surface area contributed by atoms with Crippen molar-refractivity contribution in [3.63, 3.8) is 0 Å². The molecule has 0 bridgehead atoms. The maximum absolute atomic E-state index is 11.7. The maximum Gasteiger partial charge on any atom is 0.347 e. The first-order valence-electron chi connectivity index (χ1n) is 6.86. The van der Waals surface area contributed by atoms with E-state index < -0.39 is 0 Å². The van der Waals surface area contributed by atoms with E-state index in [9.17, 15) is 4.79 Å². The third kappa shape index (κ3) is 2.90. The first-order valence-corrected chi connectivity index (χ1v) is 6.86. The summed E-state index contributed by atoms with van der Waals surface area (Å²) in [6.07, 6.45) is 3.23. The molecular weight excluding hydrogens is 270 g/mol. The Labute approximate surface area is 122 Å². The number of benzene rings is 1. The van der Waals surface area contributed by atoms with E-state index in [1.807, 2.05) is 25.2 Å². The average Bonchev–Trinajstić information content (AvgIpc) is 2.54. The minimum Gasteiger partial charge on any atom is -0.486 e. The minimum atomic E-state index is -0.254. The molecule has 6 nitrogen and oxygen atoms in total. The predicted octanol–water partition coefficient (Wildman–Crippen LogP) is 0.975. The van der Waals surface area contributed by atoms with Gasteiger partial charge in [-0.25, -0.2) is 9.78 Å². The third-order valence-corrected chi connectivity index (χ3v) is 3.48. The molecule has 21 heavy (non-hydrogen) atoms. The van der Waals surface area contributed by atoms with E-state index in [1.54, 1.807) is 16.8 Å². The quantitative estimate of drug-likeness (QED) is 0.908. The second kappa shape index (κ2) is 5.97. The summed E-state index contributed by atoms with van der Waals surface area (Å²) < 4.78 is 12.7. The molecule has 2 heterocycles. The number of nitrogens with zero attached hydrogens (tertiary/aromatic N) is 2. The van der Waals surface area contributed by atoms with E-state index >= 15 is 0 Å². The fourth-order valence-electron chi connectivity index (χ4n) is 2.36. The van der Waals surface area contributed by atoms with Gasteiger partial charge in [-0.3, -0.25) is 4.57 Å². The molecule has 3 rings (SSSR count). The molecule has 110 valence electrons. The zero-order valence-corrected chi connectivity index (χ0v) is 11.8. The molecule has 2 aromatic rings. The zero-order chi connectivity index (χ0) is 14.7. The smallest absolute Gasteiger partial charge is 0.347 e. The summed E-state index contributed by atoms with van der Waals surface area (Å²) in [4.78, 5) is 15.5. The van der Waals surface area contributed by atoms with Crippen LogP contribution in [-0.2, 0) is 6.54 Å². The third-order valence-electron chi connectivity index (χ3n) is 3.48. The number of nitrogens with one attached hydrogen (secondary N) is 1. The molecule has 1 atom stereocenters. The Morgan fingerprint density at radius 2 is 2.14 bits per heavy atom. The van der Waals surface area contributed by atoms with Crippen LogP contribution in [0.5, 0.6) is 11.5 Å². The van der Waals surface area contributed by atoms with Crippen LogP contribution in [0.25, 0.3) is 0 Å². The molecule has 0 radical (unpaired) electrons. The molecule has 1 N–H and O–H groups in total. The molecule has 6 heteroatoms. The van der Waals surface area contributed by atoms with Crippen LogP contribution in [0.4, 0.5) is 0 Å². The van der Waals surface area contributed by atoms with Crippen molar-refractivity contribution in [3.8, 4) is 11.5 Å². The van der Waals surface area contributed by atoms with Gasteiger partial charge in [0.25, 0.3) is 0 Å². The van der Waals surface area contributed by atoms with Gasteiger partial charge in [0.05, 0.1) is 6.04 Å². The monoisotopic (exact) mass is 287 g/mol. The molecule has 0 spiro atoms. The van der Waals surface area contributed by atoms with Gasteiger partial charge >= 0.3 is 5.69 Å². The molecule has 1 aliphatic rings. The Kier molecular flexibility index (Phi) is 3.87. The number of rotatable bonds is 4.